The van der Waals surface area contributed by atoms with Crippen molar-refractivity contribution in [1.29, 1.82) is 0 Å². The van der Waals surface area contributed by atoms with Crippen LogP contribution in [0.2, 0.25) is 0 Å². The Morgan fingerprint density at radius 2 is 1.77 bits per heavy atom. The van der Waals surface area contributed by atoms with Crippen LogP contribution in [0, 0.1) is 5.92 Å². The first-order valence-corrected chi connectivity index (χ1v) is 10.3. The summed E-state index contributed by atoms with van der Waals surface area (Å²) in [5.41, 5.74) is 5.40. The molecule has 2 unspecified atom stereocenters. The Bertz CT molecular complexity index is 860. The molecule has 0 aromatic heterocycles. The van der Waals surface area contributed by atoms with E-state index in [-0.39, 0.29) is 0 Å². The predicted octanol–water partition coefficient (Wildman–Crippen LogP) is 6.72. The molecule has 2 aromatic carbocycles. The topological polar surface area (TPSA) is 3.24 Å². The second kappa shape index (κ2) is 7.67. The van der Waals surface area contributed by atoms with Crippen LogP contribution in [0.15, 0.2) is 77.3 Å². The molecule has 0 radical (unpaired) electrons. The highest BCUT2D eigenvalue weighted by Gasteiger charge is 2.35. The van der Waals surface area contributed by atoms with Crippen molar-refractivity contribution < 1.29 is 0 Å². The van der Waals surface area contributed by atoms with Crippen LogP contribution >= 0.6 is 15.9 Å². The SMILES string of the molecule is CCCCN1c2ccccc2/C(=C\c2ccc(Br)cc2)C2C=CC=CC21. The van der Waals surface area contributed by atoms with Gasteiger partial charge in [0.2, 0.25) is 0 Å². The van der Waals surface area contributed by atoms with E-state index < -0.39 is 0 Å². The molecule has 1 nitrogen and oxygen atoms in total. The summed E-state index contributed by atoms with van der Waals surface area (Å²) in [4.78, 5) is 2.60. The van der Waals surface area contributed by atoms with Gasteiger partial charge in [0, 0.05) is 28.2 Å². The summed E-state index contributed by atoms with van der Waals surface area (Å²) in [5.74, 6) is 0.399. The molecule has 0 saturated carbocycles. The largest absolute Gasteiger partial charge is 0.364 e. The van der Waals surface area contributed by atoms with Gasteiger partial charge in [0.1, 0.15) is 0 Å². The van der Waals surface area contributed by atoms with Crippen LogP contribution in [0.25, 0.3) is 11.6 Å². The lowest BCUT2D eigenvalue weighted by Crippen LogP contribution is -2.44. The normalized spacial score (nSPS) is 22.4. The lowest BCUT2D eigenvalue weighted by Gasteiger charge is -2.44. The molecule has 4 rings (SSSR count). The van der Waals surface area contributed by atoms with E-state index in [1.165, 1.54) is 35.2 Å². The Balaban J connectivity index is 1.83. The minimum absolute atomic E-state index is 0.399. The van der Waals surface area contributed by atoms with Crippen molar-refractivity contribution in [2.24, 2.45) is 5.92 Å². The monoisotopic (exact) mass is 405 g/mol. The molecule has 0 N–H and O–H groups in total. The van der Waals surface area contributed by atoms with E-state index in [0.717, 1.165) is 11.0 Å². The average Bonchev–Trinajstić information content (AvgIpc) is 2.69. The third kappa shape index (κ3) is 3.31. The number of fused-ring (bicyclic) bond motifs is 2. The van der Waals surface area contributed by atoms with Crippen molar-refractivity contribution >= 4 is 33.3 Å². The second-order valence-electron chi connectivity index (χ2n) is 7.00. The first kappa shape index (κ1) is 17.4. The highest BCUT2D eigenvalue weighted by atomic mass is 79.9. The maximum atomic E-state index is 3.54. The van der Waals surface area contributed by atoms with Crippen molar-refractivity contribution in [3.63, 3.8) is 0 Å². The van der Waals surface area contributed by atoms with Crippen molar-refractivity contribution in [1.82, 2.24) is 0 Å². The van der Waals surface area contributed by atoms with Gasteiger partial charge in [-0.1, -0.05) is 90.0 Å². The molecule has 0 amide bonds. The zero-order valence-corrected chi connectivity index (χ0v) is 16.7. The van der Waals surface area contributed by atoms with Crippen molar-refractivity contribution in [2.45, 2.75) is 25.8 Å². The van der Waals surface area contributed by atoms with Gasteiger partial charge in [0.25, 0.3) is 0 Å². The summed E-state index contributed by atoms with van der Waals surface area (Å²) in [6, 6.07) is 17.9. The fourth-order valence-electron chi connectivity index (χ4n) is 4.00. The van der Waals surface area contributed by atoms with Gasteiger partial charge in [-0.2, -0.15) is 0 Å². The van der Waals surface area contributed by atoms with E-state index in [9.17, 15) is 0 Å². The number of nitrogens with zero attached hydrogens (tertiary/aromatic N) is 1. The van der Waals surface area contributed by atoms with Crippen LogP contribution < -0.4 is 4.90 Å². The molecule has 2 heteroatoms. The van der Waals surface area contributed by atoms with Crippen molar-refractivity contribution in [2.75, 3.05) is 11.4 Å². The van der Waals surface area contributed by atoms with E-state index >= 15 is 0 Å². The number of rotatable bonds is 4. The summed E-state index contributed by atoms with van der Waals surface area (Å²) < 4.78 is 1.12. The number of halogens is 1. The number of hydrogen-bond acceptors (Lipinski definition) is 1. The molecular weight excluding hydrogens is 382 g/mol. The highest BCUT2D eigenvalue weighted by molar-refractivity contribution is 9.10. The number of para-hydroxylation sites is 1. The second-order valence-corrected chi connectivity index (χ2v) is 7.92. The van der Waals surface area contributed by atoms with Gasteiger partial charge in [-0.3, -0.25) is 0 Å². The van der Waals surface area contributed by atoms with E-state index in [4.69, 9.17) is 0 Å². The Morgan fingerprint density at radius 1 is 1.00 bits per heavy atom. The fraction of sp³-hybridized carbons (Fsp3) is 0.250. The average molecular weight is 406 g/mol. The quantitative estimate of drug-likeness (QED) is 0.545. The molecule has 2 aliphatic rings. The Kier molecular flexibility index (Phi) is 5.12. The predicted molar refractivity (Wildman–Crippen MR) is 116 cm³/mol. The molecule has 0 spiro atoms. The lowest BCUT2D eigenvalue weighted by molar-refractivity contribution is 0.582. The summed E-state index contributed by atoms with van der Waals surface area (Å²) in [5, 5.41) is 0. The van der Waals surface area contributed by atoms with Crippen molar-refractivity contribution in [3.05, 3.63) is 88.4 Å². The van der Waals surface area contributed by atoms with Crippen LogP contribution in [0.4, 0.5) is 5.69 Å². The maximum Gasteiger partial charge on any atom is 0.0579 e. The zero-order valence-electron chi connectivity index (χ0n) is 15.1. The number of anilines is 1. The molecule has 0 fully saturated rings. The number of benzene rings is 2. The Hall–Kier alpha value is -2.06. The summed E-state index contributed by atoms with van der Waals surface area (Å²) in [6.45, 7) is 3.38. The van der Waals surface area contributed by atoms with Gasteiger partial charge in [-0.05, 0) is 35.8 Å². The zero-order chi connectivity index (χ0) is 17.9. The van der Waals surface area contributed by atoms with Crippen molar-refractivity contribution in [3.8, 4) is 0 Å². The third-order valence-electron chi connectivity index (χ3n) is 5.29. The van der Waals surface area contributed by atoms with Crippen LogP contribution in [0.3, 0.4) is 0 Å². The van der Waals surface area contributed by atoms with Crippen LogP contribution in [-0.2, 0) is 0 Å². The number of allylic oxidation sites excluding steroid dienone is 2. The van der Waals surface area contributed by atoms with Gasteiger partial charge in [-0.25, -0.2) is 0 Å². The van der Waals surface area contributed by atoms with Crippen LogP contribution in [0.5, 0.6) is 0 Å². The van der Waals surface area contributed by atoms with E-state index in [1.807, 2.05) is 0 Å². The molecule has 2 aromatic rings. The van der Waals surface area contributed by atoms with E-state index in [0.29, 0.717) is 12.0 Å². The van der Waals surface area contributed by atoms with Crippen LogP contribution in [-0.4, -0.2) is 12.6 Å². The molecule has 0 bridgehead atoms. The fourth-order valence-corrected chi connectivity index (χ4v) is 4.26. The minimum Gasteiger partial charge on any atom is -0.364 e. The Morgan fingerprint density at radius 3 is 2.58 bits per heavy atom. The highest BCUT2D eigenvalue weighted by Crippen LogP contribution is 2.44. The third-order valence-corrected chi connectivity index (χ3v) is 5.82. The Labute approximate surface area is 164 Å². The molecule has 1 heterocycles. The molecule has 26 heavy (non-hydrogen) atoms. The summed E-state index contributed by atoms with van der Waals surface area (Å²) in [7, 11) is 0. The smallest absolute Gasteiger partial charge is 0.0579 e. The van der Waals surface area contributed by atoms with Gasteiger partial charge in [-0.15, -0.1) is 0 Å². The minimum atomic E-state index is 0.399. The molecule has 1 aliphatic heterocycles. The standard InChI is InChI=1S/C24H24BrN/c1-2-3-16-26-23-10-6-4-8-20(23)22(21-9-5-7-11-24(21)26)17-18-12-14-19(25)15-13-18/h4-15,17,20,23H,2-3,16H2,1H3/b22-17-. The first-order valence-electron chi connectivity index (χ1n) is 9.46. The van der Waals surface area contributed by atoms with Gasteiger partial charge in [0.15, 0.2) is 0 Å². The summed E-state index contributed by atoms with van der Waals surface area (Å²) in [6.07, 6.45) is 13.9. The first-order chi connectivity index (χ1) is 12.8. The lowest BCUT2D eigenvalue weighted by atomic mass is 9.78. The van der Waals surface area contributed by atoms with Gasteiger partial charge in [0.05, 0.1) is 6.04 Å². The van der Waals surface area contributed by atoms with Gasteiger partial charge >= 0.3 is 0 Å². The van der Waals surface area contributed by atoms with Gasteiger partial charge < -0.3 is 4.90 Å². The maximum absolute atomic E-state index is 3.54. The number of unbranched alkanes of at least 4 members (excludes halogenated alkanes) is 1. The van der Waals surface area contributed by atoms with E-state index in [2.05, 4.69) is 107 Å². The number of hydrogen-bond donors (Lipinski definition) is 0. The molecule has 1 aliphatic carbocycles. The molecule has 0 saturated heterocycles. The molecule has 132 valence electrons. The molecule has 2 atom stereocenters. The summed E-state index contributed by atoms with van der Waals surface area (Å²) >= 11 is 3.54. The van der Waals surface area contributed by atoms with Crippen LogP contribution in [0.1, 0.15) is 30.9 Å². The molecular formula is C24H24BrN. The van der Waals surface area contributed by atoms with E-state index in [1.54, 1.807) is 0 Å².